The van der Waals surface area contributed by atoms with E-state index in [0.29, 0.717) is 39.3 Å². The molecule has 0 saturated heterocycles. The summed E-state index contributed by atoms with van der Waals surface area (Å²) in [5.74, 6) is -3.17. The van der Waals surface area contributed by atoms with Gasteiger partial charge in [0.2, 0.25) is 0 Å². The average molecular weight is 678 g/mol. The third-order valence-electron chi connectivity index (χ3n) is 6.53. The maximum atomic E-state index is 13.4. The highest BCUT2D eigenvalue weighted by molar-refractivity contribution is 5.95. The van der Waals surface area contributed by atoms with Crippen LogP contribution in [-0.2, 0) is 44.7 Å². The summed E-state index contributed by atoms with van der Waals surface area (Å²) in [5.41, 5.74) is -1.83. The van der Waals surface area contributed by atoms with Gasteiger partial charge in [0, 0.05) is 39.3 Å². The summed E-state index contributed by atoms with van der Waals surface area (Å²) in [7, 11) is 0. The van der Waals surface area contributed by atoms with Crippen LogP contribution in [0.25, 0.3) is 0 Å². The summed E-state index contributed by atoms with van der Waals surface area (Å²) >= 11 is 0. The molecule has 0 atom stereocenters. The van der Waals surface area contributed by atoms with Crippen molar-refractivity contribution in [3.8, 4) is 0 Å². The highest BCUT2D eigenvalue weighted by atomic mass is 16.6. The zero-order valence-electron chi connectivity index (χ0n) is 31.9. The van der Waals surface area contributed by atoms with Crippen LogP contribution in [0.4, 0.5) is 0 Å². The van der Waals surface area contributed by atoms with Gasteiger partial charge >= 0.3 is 23.9 Å². The van der Waals surface area contributed by atoms with E-state index < -0.39 is 40.3 Å². The second-order valence-corrected chi connectivity index (χ2v) is 16.2. The molecule has 274 valence electrons. The second-order valence-electron chi connectivity index (χ2n) is 16.2. The molecule has 0 N–H and O–H groups in total. The number of carbonyl (C=O) groups excluding carboxylic acids is 4. The zero-order valence-corrected chi connectivity index (χ0v) is 31.9. The Labute approximate surface area is 289 Å². The largest absolute Gasteiger partial charge is 0.459 e. The maximum absolute atomic E-state index is 13.4. The first-order valence-corrected chi connectivity index (χ1v) is 17.0. The van der Waals surface area contributed by atoms with Gasteiger partial charge < -0.3 is 18.9 Å². The SMILES string of the molecule is CCN(CCN(CCN(Cc1ccccc1)CC(C(=O)OC(C)(C)C)C(=O)OC(C)(C)C)CC(=O)OC(C)(C)C)CC(=O)OC(C)(C)C. The van der Waals surface area contributed by atoms with Crippen LogP contribution in [-0.4, -0.2) is 113 Å². The lowest BCUT2D eigenvalue weighted by Gasteiger charge is -2.32. The number of hydrogen-bond donors (Lipinski definition) is 0. The lowest BCUT2D eigenvalue weighted by atomic mass is 10.1. The highest BCUT2D eigenvalue weighted by Gasteiger charge is 2.36. The monoisotopic (exact) mass is 677 g/mol. The number of ether oxygens (including phenoxy) is 4. The molecular weight excluding hydrogens is 614 g/mol. The molecule has 0 aliphatic rings. The summed E-state index contributed by atoms with van der Waals surface area (Å²) in [6, 6.07) is 9.77. The third kappa shape index (κ3) is 20.4. The van der Waals surface area contributed by atoms with Crippen molar-refractivity contribution in [2.24, 2.45) is 5.92 Å². The van der Waals surface area contributed by atoms with Crippen LogP contribution in [0.3, 0.4) is 0 Å². The highest BCUT2D eigenvalue weighted by Crippen LogP contribution is 2.19. The number of likely N-dealkylation sites (N-methyl/N-ethyl adjacent to an activating group) is 1. The van der Waals surface area contributed by atoms with Crippen molar-refractivity contribution in [1.29, 1.82) is 0 Å². The number of rotatable bonds is 17. The molecule has 0 heterocycles. The number of nitrogens with zero attached hydrogens (tertiary/aromatic N) is 3. The Balaban J connectivity index is 3.31. The van der Waals surface area contributed by atoms with Crippen molar-refractivity contribution in [2.45, 2.75) is 119 Å². The minimum absolute atomic E-state index is 0.0298. The van der Waals surface area contributed by atoms with E-state index in [1.165, 1.54) is 0 Å². The molecule has 0 fully saturated rings. The number of carbonyl (C=O) groups is 4. The van der Waals surface area contributed by atoms with Gasteiger partial charge in [-0.15, -0.1) is 0 Å². The smallest absolute Gasteiger partial charge is 0.322 e. The Morgan fingerprint density at radius 2 is 0.938 bits per heavy atom. The van der Waals surface area contributed by atoms with Crippen molar-refractivity contribution in [3.05, 3.63) is 35.9 Å². The molecule has 0 bridgehead atoms. The Bertz CT molecular complexity index is 1130. The van der Waals surface area contributed by atoms with Crippen molar-refractivity contribution in [2.75, 3.05) is 52.4 Å². The minimum atomic E-state index is -1.18. The summed E-state index contributed by atoms with van der Waals surface area (Å²) in [5, 5.41) is 0. The molecule has 0 aromatic heterocycles. The lowest BCUT2D eigenvalue weighted by Crippen LogP contribution is -2.47. The van der Waals surface area contributed by atoms with Crippen molar-refractivity contribution < 1.29 is 38.1 Å². The Morgan fingerprint density at radius 1 is 0.562 bits per heavy atom. The average Bonchev–Trinajstić information content (AvgIpc) is 2.88. The summed E-state index contributed by atoms with van der Waals surface area (Å²) in [6.07, 6.45) is 0. The first-order chi connectivity index (χ1) is 21.9. The number of esters is 4. The van der Waals surface area contributed by atoms with Crippen LogP contribution in [0.5, 0.6) is 0 Å². The topological polar surface area (TPSA) is 115 Å². The minimum Gasteiger partial charge on any atom is -0.459 e. The van der Waals surface area contributed by atoms with Crippen LogP contribution in [0, 0.1) is 5.92 Å². The molecule has 11 heteroatoms. The van der Waals surface area contributed by atoms with E-state index in [4.69, 9.17) is 18.9 Å². The predicted octanol–water partition coefficient (Wildman–Crippen LogP) is 5.10. The molecule has 0 spiro atoms. The van der Waals surface area contributed by atoms with E-state index in [1.54, 1.807) is 41.5 Å². The van der Waals surface area contributed by atoms with Crippen LogP contribution >= 0.6 is 0 Å². The molecular formula is C37H63N3O8. The van der Waals surface area contributed by atoms with E-state index in [2.05, 4.69) is 0 Å². The zero-order chi connectivity index (χ0) is 36.9. The Kier molecular flexibility index (Phi) is 16.7. The summed E-state index contributed by atoms with van der Waals surface area (Å²) < 4.78 is 22.5. The van der Waals surface area contributed by atoms with E-state index in [0.717, 1.165) is 5.56 Å². The molecule has 1 aromatic rings. The first kappa shape index (κ1) is 43.0. The fourth-order valence-corrected chi connectivity index (χ4v) is 4.62. The predicted molar refractivity (Wildman–Crippen MR) is 187 cm³/mol. The van der Waals surface area contributed by atoms with Crippen molar-refractivity contribution in [1.82, 2.24) is 14.7 Å². The second kappa shape index (κ2) is 18.7. The van der Waals surface area contributed by atoms with Gasteiger partial charge in [0.05, 0.1) is 13.1 Å². The molecule has 0 radical (unpaired) electrons. The molecule has 1 rings (SSSR count). The molecule has 0 saturated carbocycles. The molecule has 1 aromatic carbocycles. The first-order valence-electron chi connectivity index (χ1n) is 17.0. The molecule has 0 aliphatic heterocycles. The van der Waals surface area contributed by atoms with Gasteiger partial charge in [-0.05, 0) is 95.2 Å². The lowest BCUT2D eigenvalue weighted by molar-refractivity contribution is -0.175. The van der Waals surface area contributed by atoms with E-state index >= 15 is 0 Å². The summed E-state index contributed by atoms with van der Waals surface area (Å²) in [6.45, 7) is 26.6. The van der Waals surface area contributed by atoms with Crippen LogP contribution < -0.4 is 0 Å². The van der Waals surface area contributed by atoms with Crippen LogP contribution in [0.2, 0.25) is 0 Å². The van der Waals surface area contributed by atoms with Gasteiger partial charge in [-0.1, -0.05) is 37.3 Å². The number of hydrogen-bond acceptors (Lipinski definition) is 11. The van der Waals surface area contributed by atoms with E-state index in [1.807, 2.05) is 93.5 Å². The molecule has 0 amide bonds. The molecule has 48 heavy (non-hydrogen) atoms. The fourth-order valence-electron chi connectivity index (χ4n) is 4.62. The molecule has 11 nitrogen and oxygen atoms in total. The van der Waals surface area contributed by atoms with Gasteiger partial charge in [0.1, 0.15) is 22.4 Å². The molecule has 0 aliphatic carbocycles. The fraction of sp³-hybridized carbons (Fsp3) is 0.730. The Morgan fingerprint density at radius 3 is 1.33 bits per heavy atom. The van der Waals surface area contributed by atoms with E-state index in [-0.39, 0.29) is 31.6 Å². The van der Waals surface area contributed by atoms with Gasteiger partial charge in [-0.2, -0.15) is 0 Å². The Hall–Kier alpha value is -3.02. The van der Waals surface area contributed by atoms with Crippen LogP contribution in [0.15, 0.2) is 30.3 Å². The van der Waals surface area contributed by atoms with Gasteiger partial charge in [-0.25, -0.2) is 0 Å². The maximum Gasteiger partial charge on any atom is 0.322 e. The molecule has 0 unspecified atom stereocenters. The van der Waals surface area contributed by atoms with Gasteiger partial charge in [0.25, 0.3) is 0 Å². The van der Waals surface area contributed by atoms with Gasteiger partial charge in [0.15, 0.2) is 5.92 Å². The van der Waals surface area contributed by atoms with Crippen LogP contribution in [0.1, 0.15) is 95.6 Å². The quantitative estimate of drug-likeness (QED) is 0.125. The standard InChI is InChI=1S/C37H63N3O8/c1-14-38(26-30(41)45-34(2,3)4)20-21-39(27-31(42)46-35(5,6)7)22-23-40(24-28-18-16-15-17-19-28)25-29(32(43)47-36(8,9)10)33(44)48-37(11,12)13/h15-19,29H,14,20-27H2,1-13H3. The normalized spacial score (nSPS) is 12.9. The number of benzene rings is 1. The summed E-state index contributed by atoms with van der Waals surface area (Å²) in [4.78, 5) is 58.3. The van der Waals surface area contributed by atoms with E-state index in [9.17, 15) is 19.2 Å². The van der Waals surface area contributed by atoms with Crippen molar-refractivity contribution in [3.63, 3.8) is 0 Å². The van der Waals surface area contributed by atoms with Crippen molar-refractivity contribution >= 4 is 23.9 Å². The van der Waals surface area contributed by atoms with Gasteiger partial charge in [-0.3, -0.25) is 33.9 Å². The third-order valence-corrected chi connectivity index (χ3v) is 6.53.